The Morgan fingerprint density at radius 3 is 2.67 bits per heavy atom. The quantitative estimate of drug-likeness (QED) is 0.642. The number of carboxylic acids is 1. The van der Waals surface area contributed by atoms with E-state index in [0.29, 0.717) is 36.8 Å². The summed E-state index contributed by atoms with van der Waals surface area (Å²) in [6, 6.07) is 4.26. The average Bonchev–Trinajstić information content (AvgIpc) is 2.50. The lowest BCUT2D eigenvalue weighted by Crippen LogP contribution is -2.30. The van der Waals surface area contributed by atoms with Gasteiger partial charge in [-0.2, -0.15) is 0 Å². The first-order valence-corrected chi connectivity index (χ1v) is 6.89. The number of nitrogens with one attached hydrogen (secondary N) is 1. The summed E-state index contributed by atoms with van der Waals surface area (Å²) in [5.41, 5.74) is 0.542. The van der Waals surface area contributed by atoms with E-state index in [1.54, 1.807) is 18.2 Å². The second-order valence-electron chi connectivity index (χ2n) is 4.38. The fourth-order valence-electron chi connectivity index (χ4n) is 1.96. The van der Waals surface area contributed by atoms with Gasteiger partial charge in [-0.25, -0.2) is 0 Å². The third-order valence-electron chi connectivity index (χ3n) is 3.01. The number of aliphatic carboxylic acids is 1. The van der Waals surface area contributed by atoms with Gasteiger partial charge in [0.25, 0.3) is 0 Å². The highest BCUT2D eigenvalue weighted by Gasteiger charge is 2.23. The normalized spacial score (nSPS) is 12.0. The zero-order valence-corrected chi connectivity index (χ0v) is 12.7. The molecular weight excluding hydrogens is 274 g/mol. The van der Waals surface area contributed by atoms with Crippen molar-refractivity contribution in [1.82, 2.24) is 5.32 Å². The first-order chi connectivity index (χ1) is 10.1. The Labute approximate surface area is 125 Å². The van der Waals surface area contributed by atoms with E-state index in [9.17, 15) is 9.90 Å². The van der Waals surface area contributed by atoms with Crippen molar-refractivity contribution in [1.29, 1.82) is 0 Å². The molecule has 6 nitrogen and oxygen atoms in total. The maximum atomic E-state index is 11.5. The van der Waals surface area contributed by atoms with Crippen molar-refractivity contribution in [3.8, 4) is 11.5 Å². The maximum absolute atomic E-state index is 11.5. The molecular formula is C15H23NO5. The molecule has 6 heteroatoms. The molecule has 2 N–H and O–H groups in total. The standard InChI is InChI=1S/C15H23NO5/c1-4-21-9-5-8-16-14(15(17)18)12-10-11(19-2)6-7-13(12)20-3/h6-7,10,14,16H,4-5,8-9H2,1-3H3,(H,17,18). The van der Waals surface area contributed by atoms with Gasteiger partial charge in [0.15, 0.2) is 0 Å². The molecule has 0 bridgehead atoms. The molecule has 0 saturated heterocycles. The SMILES string of the molecule is CCOCCCNC(C(=O)O)c1cc(OC)ccc1OC. The fraction of sp³-hybridized carbons (Fsp3) is 0.533. The number of methoxy groups -OCH3 is 2. The zero-order valence-electron chi connectivity index (χ0n) is 12.7. The van der Waals surface area contributed by atoms with E-state index in [0.717, 1.165) is 6.42 Å². The van der Waals surface area contributed by atoms with E-state index in [1.165, 1.54) is 14.2 Å². The fourth-order valence-corrected chi connectivity index (χ4v) is 1.96. The monoisotopic (exact) mass is 297 g/mol. The summed E-state index contributed by atoms with van der Waals surface area (Å²) >= 11 is 0. The number of carboxylic acid groups (broad SMARTS) is 1. The van der Waals surface area contributed by atoms with Crippen LogP contribution in [0.4, 0.5) is 0 Å². The highest BCUT2D eigenvalue weighted by molar-refractivity contribution is 5.77. The minimum atomic E-state index is -0.960. The minimum Gasteiger partial charge on any atom is -0.497 e. The third kappa shape index (κ3) is 5.24. The molecule has 118 valence electrons. The smallest absolute Gasteiger partial charge is 0.325 e. The Balaban J connectivity index is 2.81. The van der Waals surface area contributed by atoms with E-state index >= 15 is 0 Å². The molecule has 0 saturated carbocycles. The van der Waals surface area contributed by atoms with Crippen molar-refractivity contribution in [3.63, 3.8) is 0 Å². The third-order valence-corrected chi connectivity index (χ3v) is 3.01. The highest BCUT2D eigenvalue weighted by Crippen LogP contribution is 2.29. The lowest BCUT2D eigenvalue weighted by molar-refractivity contribution is -0.139. The molecule has 1 atom stereocenters. The van der Waals surface area contributed by atoms with Crippen LogP contribution in [-0.4, -0.2) is 45.1 Å². The summed E-state index contributed by atoms with van der Waals surface area (Å²) < 4.78 is 15.6. The summed E-state index contributed by atoms with van der Waals surface area (Å²) in [5.74, 6) is 0.145. The van der Waals surface area contributed by atoms with Crippen molar-refractivity contribution >= 4 is 5.97 Å². The molecule has 0 aromatic heterocycles. The first kappa shape index (κ1) is 17.3. The van der Waals surface area contributed by atoms with Crippen molar-refractivity contribution in [2.24, 2.45) is 0 Å². The minimum absolute atomic E-state index is 0.514. The van der Waals surface area contributed by atoms with Crippen LogP contribution in [0.15, 0.2) is 18.2 Å². The Morgan fingerprint density at radius 2 is 2.10 bits per heavy atom. The lowest BCUT2D eigenvalue weighted by atomic mass is 10.0. The van der Waals surface area contributed by atoms with Crippen LogP contribution in [0, 0.1) is 0 Å². The van der Waals surface area contributed by atoms with Gasteiger partial charge in [-0.3, -0.25) is 4.79 Å². The zero-order chi connectivity index (χ0) is 15.7. The van der Waals surface area contributed by atoms with Crippen LogP contribution < -0.4 is 14.8 Å². The van der Waals surface area contributed by atoms with Crippen LogP contribution >= 0.6 is 0 Å². The summed E-state index contributed by atoms with van der Waals surface area (Å²) in [6.07, 6.45) is 0.740. The van der Waals surface area contributed by atoms with Gasteiger partial charge in [0.1, 0.15) is 17.5 Å². The predicted molar refractivity (Wildman–Crippen MR) is 79.0 cm³/mol. The van der Waals surface area contributed by atoms with Gasteiger partial charge in [-0.1, -0.05) is 0 Å². The number of hydrogen-bond donors (Lipinski definition) is 2. The number of carbonyl (C=O) groups is 1. The second kappa shape index (κ2) is 9.20. The number of rotatable bonds is 10. The molecule has 21 heavy (non-hydrogen) atoms. The van der Waals surface area contributed by atoms with E-state index in [-0.39, 0.29) is 0 Å². The summed E-state index contributed by atoms with van der Waals surface area (Å²) in [6.45, 7) is 3.73. The van der Waals surface area contributed by atoms with Crippen LogP contribution in [-0.2, 0) is 9.53 Å². The first-order valence-electron chi connectivity index (χ1n) is 6.89. The van der Waals surface area contributed by atoms with Crippen molar-refractivity contribution in [2.45, 2.75) is 19.4 Å². The van der Waals surface area contributed by atoms with Crippen LogP contribution in [0.25, 0.3) is 0 Å². The highest BCUT2D eigenvalue weighted by atomic mass is 16.5. The van der Waals surface area contributed by atoms with E-state index < -0.39 is 12.0 Å². The number of ether oxygens (including phenoxy) is 3. The molecule has 1 unspecified atom stereocenters. The van der Waals surface area contributed by atoms with E-state index in [1.807, 2.05) is 6.92 Å². The van der Waals surface area contributed by atoms with Gasteiger partial charge in [-0.05, 0) is 38.1 Å². The number of hydrogen-bond acceptors (Lipinski definition) is 5. The topological polar surface area (TPSA) is 77.0 Å². The average molecular weight is 297 g/mol. The number of benzene rings is 1. The predicted octanol–water partition coefficient (Wildman–Crippen LogP) is 1.85. The Kier molecular flexibility index (Phi) is 7.56. The summed E-state index contributed by atoms with van der Waals surface area (Å²) in [4.78, 5) is 11.5. The van der Waals surface area contributed by atoms with Gasteiger partial charge in [0.05, 0.1) is 14.2 Å². The Morgan fingerprint density at radius 1 is 1.33 bits per heavy atom. The summed E-state index contributed by atoms with van der Waals surface area (Å²) in [7, 11) is 3.05. The Bertz CT molecular complexity index is 450. The molecule has 1 rings (SSSR count). The van der Waals surface area contributed by atoms with E-state index in [2.05, 4.69) is 5.32 Å². The van der Waals surface area contributed by atoms with Crippen molar-refractivity contribution < 1.29 is 24.1 Å². The van der Waals surface area contributed by atoms with Gasteiger partial charge in [0, 0.05) is 18.8 Å². The van der Waals surface area contributed by atoms with Crippen LogP contribution in [0.1, 0.15) is 24.9 Å². The maximum Gasteiger partial charge on any atom is 0.325 e. The Hall–Kier alpha value is -1.79. The molecule has 1 aromatic rings. The van der Waals surface area contributed by atoms with Crippen LogP contribution in [0.2, 0.25) is 0 Å². The molecule has 1 aromatic carbocycles. The van der Waals surface area contributed by atoms with Crippen molar-refractivity contribution in [3.05, 3.63) is 23.8 Å². The molecule has 0 fully saturated rings. The summed E-state index contributed by atoms with van der Waals surface area (Å²) in [5, 5.41) is 12.4. The molecule has 0 radical (unpaired) electrons. The molecule has 0 heterocycles. The van der Waals surface area contributed by atoms with Gasteiger partial charge in [-0.15, -0.1) is 0 Å². The van der Waals surface area contributed by atoms with Gasteiger partial charge >= 0.3 is 5.97 Å². The molecule has 0 aliphatic heterocycles. The molecule has 0 aliphatic carbocycles. The van der Waals surface area contributed by atoms with Gasteiger partial charge in [0.2, 0.25) is 0 Å². The van der Waals surface area contributed by atoms with Gasteiger partial charge < -0.3 is 24.6 Å². The molecule has 0 amide bonds. The second-order valence-corrected chi connectivity index (χ2v) is 4.38. The van der Waals surface area contributed by atoms with Crippen LogP contribution in [0.5, 0.6) is 11.5 Å². The van der Waals surface area contributed by atoms with Crippen molar-refractivity contribution in [2.75, 3.05) is 34.0 Å². The van der Waals surface area contributed by atoms with Crippen LogP contribution in [0.3, 0.4) is 0 Å². The largest absolute Gasteiger partial charge is 0.497 e. The molecule has 0 aliphatic rings. The molecule has 0 spiro atoms. The lowest BCUT2D eigenvalue weighted by Gasteiger charge is -2.18. The van der Waals surface area contributed by atoms with E-state index in [4.69, 9.17) is 14.2 Å².